The molecular weight excluding hydrogens is 290 g/mol. The highest BCUT2D eigenvalue weighted by Gasteiger charge is 2.25. The van der Waals surface area contributed by atoms with Crippen LogP contribution in [0.5, 0.6) is 0 Å². The number of sulfonamides is 1. The van der Waals surface area contributed by atoms with Crippen LogP contribution in [-0.4, -0.2) is 43.2 Å². The largest absolute Gasteiger partial charge is 0.355 e. The lowest BCUT2D eigenvalue weighted by molar-refractivity contribution is -0.121. The summed E-state index contributed by atoms with van der Waals surface area (Å²) in [5.74, 6) is -0.340. The van der Waals surface area contributed by atoms with Crippen LogP contribution in [0, 0.1) is 0 Å². The zero-order valence-corrected chi connectivity index (χ0v) is 12.3. The van der Waals surface area contributed by atoms with Gasteiger partial charge in [-0.2, -0.15) is 4.31 Å². The molecule has 1 heterocycles. The van der Waals surface area contributed by atoms with Gasteiger partial charge in [-0.1, -0.05) is 18.5 Å². The van der Waals surface area contributed by atoms with E-state index in [1.54, 1.807) is 13.8 Å². The number of rotatable bonds is 6. The molecule has 19 heavy (non-hydrogen) atoms. The normalized spacial score (nSPS) is 11.6. The van der Waals surface area contributed by atoms with Gasteiger partial charge in [-0.25, -0.2) is 13.4 Å². The van der Waals surface area contributed by atoms with Crippen molar-refractivity contribution in [1.82, 2.24) is 14.6 Å². The van der Waals surface area contributed by atoms with Crippen LogP contribution in [0.2, 0.25) is 5.15 Å². The van der Waals surface area contributed by atoms with Crippen LogP contribution in [0.25, 0.3) is 0 Å². The highest BCUT2D eigenvalue weighted by atomic mass is 35.5. The molecule has 1 N–H and O–H groups in total. The van der Waals surface area contributed by atoms with E-state index in [1.165, 1.54) is 18.3 Å². The highest BCUT2D eigenvalue weighted by molar-refractivity contribution is 7.89. The molecule has 6 nitrogen and oxygen atoms in total. The molecule has 0 aliphatic rings. The molecule has 106 valence electrons. The maximum atomic E-state index is 12.3. The zero-order valence-electron chi connectivity index (χ0n) is 10.8. The fourth-order valence-corrected chi connectivity index (χ4v) is 3.13. The smallest absolute Gasteiger partial charge is 0.243 e. The summed E-state index contributed by atoms with van der Waals surface area (Å²) in [6, 6.07) is 2.61. The minimum Gasteiger partial charge on any atom is -0.355 e. The van der Waals surface area contributed by atoms with E-state index in [1.807, 2.05) is 0 Å². The van der Waals surface area contributed by atoms with Crippen LogP contribution in [0.4, 0.5) is 0 Å². The highest BCUT2D eigenvalue weighted by Crippen LogP contribution is 2.17. The summed E-state index contributed by atoms with van der Waals surface area (Å²) in [6.07, 6.45) is 1.31. The van der Waals surface area contributed by atoms with Crippen molar-refractivity contribution >= 4 is 27.5 Å². The number of nitrogens with one attached hydrogen (secondary N) is 1. The van der Waals surface area contributed by atoms with Gasteiger partial charge < -0.3 is 5.32 Å². The lowest BCUT2D eigenvalue weighted by Gasteiger charge is -2.19. The Bertz CT molecular complexity index is 548. The third-order valence-electron chi connectivity index (χ3n) is 2.38. The van der Waals surface area contributed by atoms with Crippen LogP contribution in [0.15, 0.2) is 23.2 Å². The van der Waals surface area contributed by atoms with E-state index >= 15 is 0 Å². The lowest BCUT2D eigenvalue weighted by atomic mass is 10.5. The van der Waals surface area contributed by atoms with Crippen LogP contribution in [0.1, 0.15) is 13.8 Å². The first kappa shape index (κ1) is 15.9. The third kappa shape index (κ3) is 4.15. The Morgan fingerprint density at radius 2 is 2.16 bits per heavy atom. The van der Waals surface area contributed by atoms with Crippen LogP contribution >= 0.6 is 11.6 Å². The second-order valence-electron chi connectivity index (χ2n) is 3.70. The molecule has 1 aromatic rings. The Kier molecular flexibility index (Phi) is 5.71. The molecule has 0 unspecified atom stereocenters. The van der Waals surface area contributed by atoms with Gasteiger partial charge in [0.1, 0.15) is 5.15 Å². The molecule has 1 rings (SSSR count). The number of aromatic nitrogens is 1. The summed E-state index contributed by atoms with van der Waals surface area (Å²) in [4.78, 5) is 15.3. The number of carbonyl (C=O) groups is 1. The summed E-state index contributed by atoms with van der Waals surface area (Å²) < 4.78 is 25.7. The molecule has 1 amide bonds. The number of carbonyl (C=O) groups excluding carboxylic acids is 1. The Balaban J connectivity index is 2.99. The molecule has 0 aromatic carbocycles. The number of hydrogen-bond acceptors (Lipinski definition) is 4. The molecule has 0 bridgehead atoms. The molecular formula is C11H16ClN3O3S. The van der Waals surface area contributed by atoms with Gasteiger partial charge in [0.15, 0.2) is 0 Å². The molecule has 0 atom stereocenters. The van der Waals surface area contributed by atoms with Gasteiger partial charge in [-0.3, -0.25) is 4.79 Å². The lowest BCUT2D eigenvalue weighted by Crippen LogP contribution is -2.40. The Morgan fingerprint density at radius 1 is 1.47 bits per heavy atom. The van der Waals surface area contributed by atoms with Crippen molar-refractivity contribution in [2.24, 2.45) is 0 Å². The average molecular weight is 306 g/mol. The number of halogens is 1. The van der Waals surface area contributed by atoms with E-state index in [0.29, 0.717) is 6.54 Å². The van der Waals surface area contributed by atoms with Crippen molar-refractivity contribution in [1.29, 1.82) is 0 Å². The van der Waals surface area contributed by atoms with Gasteiger partial charge in [0.2, 0.25) is 15.9 Å². The van der Waals surface area contributed by atoms with Gasteiger partial charge in [0, 0.05) is 19.3 Å². The SMILES string of the molecule is CCNC(=O)CN(CC)S(=O)(=O)c1ccnc(Cl)c1. The monoisotopic (exact) mass is 305 g/mol. The first-order valence-corrected chi connectivity index (χ1v) is 7.62. The molecule has 0 saturated heterocycles. The van der Waals surface area contributed by atoms with Gasteiger partial charge in [-0.05, 0) is 19.1 Å². The summed E-state index contributed by atoms with van der Waals surface area (Å²) in [7, 11) is -3.74. The van der Waals surface area contributed by atoms with Crippen molar-refractivity contribution in [2.75, 3.05) is 19.6 Å². The van der Waals surface area contributed by atoms with Crippen molar-refractivity contribution in [2.45, 2.75) is 18.7 Å². The van der Waals surface area contributed by atoms with Crippen LogP contribution in [0.3, 0.4) is 0 Å². The summed E-state index contributed by atoms with van der Waals surface area (Å²) in [6.45, 7) is 3.87. The minimum atomic E-state index is -3.74. The number of pyridine rings is 1. The average Bonchev–Trinajstić information content (AvgIpc) is 2.36. The number of nitrogens with zero attached hydrogens (tertiary/aromatic N) is 2. The molecule has 1 aromatic heterocycles. The molecule has 8 heteroatoms. The van der Waals surface area contributed by atoms with Gasteiger partial charge in [0.05, 0.1) is 11.4 Å². The predicted molar refractivity (Wildman–Crippen MR) is 72.4 cm³/mol. The van der Waals surface area contributed by atoms with Crippen molar-refractivity contribution in [3.63, 3.8) is 0 Å². The van der Waals surface area contributed by atoms with Crippen molar-refractivity contribution < 1.29 is 13.2 Å². The maximum Gasteiger partial charge on any atom is 0.243 e. The quantitative estimate of drug-likeness (QED) is 0.791. The van der Waals surface area contributed by atoms with E-state index < -0.39 is 10.0 Å². The number of hydrogen-bond donors (Lipinski definition) is 1. The molecule has 0 radical (unpaired) electrons. The molecule has 0 aliphatic heterocycles. The van der Waals surface area contributed by atoms with E-state index in [4.69, 9.17) is 11.6 Å². The second kappa shape index (κ2) is 6.83. The molecule has 0 saturated carbocycles. The standard InChI is InChI=1S/C11H16ClN3O3S/c1-3-13-11(16)8-15(4-2)19(17,18)9-5-6-14-10(12)7-9/h5-7H,3-4,8H2,1-2H3,(H,13,16). The molecule has 0 spiro atoms. The summed E-state index contributed by atoms with van der Waals surface area (Å²) in [5.41, 5.74) is 0. The van der Waals surface area contributed by atoms with E-state index in [2.05, 4.69) is 10.3 Å². The third-order valence-corrected chi connectivity index (χ3v) is 4.51. The van der Waals surface area contributed by atoms with E-state index in [-0.39, 0.29) is 29.0 Å². The van der Waals surface area contributed by atoms with Crippen molar-refractivity contribution in [3.8, 4) is 0 Å². The fourth-order valence-electron chi connectivity index (χ4n) is 1.47. The number of likely N-dealkylation sites (N-methyl/N-ethyl adjacent to an activating group) is 2. The Labute approximate surface area is 117 Å². The number of amides is 1. The van der Waals surface area contributed by atoms with Crippen LogP contribution < -0.4 is 5.32 Å². The first-order valence-electron chi connectivity index (χ1n) is 5.80. The van der Waals surface area contributed by atoms with Gasteiger partial charge in [0.25, 0.3) is 0 Å². The Morgan fingerprint density at radius 3 is 2.68 bits per heavy atom. The second-order valence-corrected chi connectivity index (χ2v) is 6.02. The topological polar surface area (TPSA) is 79.4 Å². The van der Waals surface area contributed by atoms with Gasteiger partial charge >= 0.3 is 0 Å². The molecule has 0 aliphatic carbocycles. The van der Waals surface area contributed by atoms with E-state index in [0.717, 1.165) is 4.31 Å². The summed E-state index contributed by atoms with van der Waals surface area (Å²) in [5, 5.41) is 2.65. The predicted octanol–water partition coefficient (Wildman–Crippen LogP) is 0.882. The zero-order chi connectivity index (χ0) is 14.5. The van der Waals surface area contributed by atoms with Gasteiger partial charge in [-0.15, -0.1) is 0 Å². The fraction of sp³-hybridized carbons (Fsp3) is 0.455. The summed E-state index contributed by atoms with van der Waals surface area (Å²) >= 11 is 5.68. The van der Waals surface area contributed by atoms with E-state index in [9.17, 15) is 13.2 Å². The van der Waals surface area contributed by atoms with Crippen molar-refractivity contribution in [3.05, 3.63) is 23.5 Å². The van der Waals surface area contributed by atoms with Crippen LogP contribution in [-0.2, 0) is 14.8 Å². The Hall–Kier alpha value is -1.18. The minimum absolute atomic E-state index is 0.0265. The maximum absolute atomic E-state index is 12.3. The first-order chi connectivity index (χ1) is 8.91. The molecule has 0 fully saturated rings.